The van der Waals surface area contributed by atoms with E-state index in [0.717, 1.165) is 13.0 Å². The van der Waals surface area contributed by atoms with Crippen LogP contribution in [0.5, 0.6) is 0 Å². The van der Waals surface area contributed by atoms with E-state index in [0.29, 0.717) is 22.9 Å². The average Bonchev–Trinajstić information content (AvgIpc) is 3.45. The molecule has 0 unspecified atom stereocenters. The topological polar surface area (TPSA) is 137 Å². The summed E-state index contributed by atoms with van der Waals surface area (Å²) in [7, 11) is 7.26. The number of carbonyl (C=O) groups is 3. The Balaban J connectivity index is 2.00. The number of amides is 4. The number of halogens is 1. The number of hydrogen-bond acceptors (Lipinski definition) is 6. The Hall–Kier alpha value is -3.38. The lowest BCUT2D eigenvalue weighted by molar-refractivity contribution is 0.0785. The fraction of sp³-hybridized carbons (Fsp3) is 0.450. The third-order valence-electron chi connectivity index (χ3n) is 4.83. The Morgan fingerprint density at radius 2 is 1.64 bits per heavy atom. The molecule has 0 fully saturated rings. The molecule has 4 amide bonds. The molecule has 13 heteroatoms. The highest BCUT2D eigenvalue weighted by Crippen LogP contribution is 2.19. The highest BCUT2D eigenvalue weighted by atomic mass is 35.5. The molecular weight excluding hydrogens is 452 g/mol. The fourth-order valence-corrected chi connectivity index (χ4v) is 3.13. The summed E-state index contributed by atoms with van der Waals surface area (Å²) in [5.41, 5.74) is 1.36. The van der Waals surface area contributed by atoms with Crippen molar-refractivity contribution in [3.8, 4) is 0 Å². The van der Waals surface area contributed by atoms with Gasteiger partial charge in [0, 0.05) is 38.9 Å². The molecule has 0 aliphatic carbocycles. The molecule has 12 nitrogen and oxygen atoms in total. The molecule has 3 N–H and O–H groups in total. The molecule has 2 heterocycles. The Kier molecular flexibility index (Phi) is 9.43. The first kappa shape index (κ1) is 25.9. The summed E-state index contributed by atoms with van der Waals surface area (Å²) < 4.78 is 0. The molecule has 0 spiro atoms. The maximum Gasteiger partial charge on any atom is 0.344 e. The molecule has 0 radical (unpaired) electrons. The van der Waals surface area contributed by atoms with Gasteiger partial charge in [-0.05, 0) is 39.2 Å². The van der Waals surface area contributed by atoms with Crippen molar-refractivity contribution in [1.82, 2.24) is 24.8 Å². The van der Waals surface area contributed by atoms with E-state index in [2.05, 4.69) is 25.5 Å². The molecular formula is C20H29ClN8O4. The molecule has 0 saturated carbocycles. The number of nitrogens with one attached hydrogen (secondary N) is 3. The standard InChI is InChI=1S/C20H29ClN8O4/c1-26(2)7-5-8-27(3)18(30)17-11-15(13-23-17)28(4)19(31)16-10-14(12-22-16)24-20(32)29(25-33)9-6-21/h10-13,22-23H,5-9H2,1-4H3,(H,24,32). The van der Waals surface area contributed by atoms with Crippen LogP contribution in [0.15, 0.2) is 29.8 Å². The van der Waals surface area contributed by atoms with Crippen LogP contribution in [-0.2, 0) is 0 Å². The molecule has 180 valence electrons. The highest BCUT2D eigenvalue weighted by Gasteiger charge is 2.21. The fourth-order valence-electron chi connectivity index (χ4n) is 2.97. The SMILES string of the molecule is CN(C)CCCN(C)C(=O)c1cc(N(C)C(=O)c2cc(NC(=O)N(CCCl)N=O)c[nH]2)c[nH]1. The van der Waals surface area contributed by atoms with Crippen molar-refractivity contribution in [1.29, 1.82) is 0 Å². The number of urea groups is 1. The number of aromatic amines is 2. The summed E-state index contributed by atoms with van der Waals surface area (Å²) in [6.07, 6.45) is 3.83. The van der Waals surface area contributed by atoms with Gasteiger partial charge in [-0.2, -0.15) is 5.01 Å². The zero-order chi connectivity index (χ0) is 24.5. The second kappa shape index (κ2) is 12.0. The van der Waals surface area contributed by atoms with Crippen LogP contribution in [0.25, 0.3) is 0 Å². The van der Waals surface area contributed by atoms with Gasteiger partial charge in [0.25, 0.3) is 11.8 Å². The van der Waals surface area contributed by atoms with Crippen LogP contribution >= 0.6 is 11.6 Å². The molecule has 2 rings (SSSR count). The van der Waals surface area contributed by atoms with Crippen molar-refractivity contribution in [3.63, 3.8) is 0 Å². The van der Waals surface area contributed by atoms with Gasteiger partial charge < -0.3 is 30.0 Å². The summed E-state index contributed by atoms with van der Waals surface area (Å²) in [4.78, 5) is 58.9. The van der Waals surface area contributed by atoms with Crippen molar-refractivity contribution in [2.45, 2.75) is 6.42 Å². The van der Waals surface area contributed by atoms with E-state index in [4.69, 9.17) is 11.6 Å². The molecule has 0 aliphatic heterocycles. The lowest BCUT2D eigenvalue weighted by Crippen LogP contribution is -2.31. The van der Waals surface area contributed by atoms with Crippen molar-refractivity contribution < 1.29 is 14.4 Å². The molecule has 0 saturated heterocycles. The number of alkyl halides is 1. The van der Waals surface area contributed by atoms with Gasteiger partial charge in [-0.1, -0.05) is 0 Å². The van der Waals surface area contributed by atoms with E-state index >= 15 is 0 Å². The first-order valence-corrected chi connectivity index (χ1v) is 10.7. The van der Waals surface area contributed by atoms with E-state index in [1.807, 2.05) is 14.1 Å². The monoisotopic (exact) mass is 480 g/mol. The summed E-state index contributed by atoms with van der Waals surface area (Å²) in [5.74, 6) is -0.511. The second-order valence-electron chi connectivity index (χ2n) is 7.65. The number of hydrogen-bond donors (Lipinski definition) is 3. The van der Waals surface area contributed by atoms with Gasteiger partial charge in [0.15, 0.2) is 0 Å². The molecule has 0 aliphatic rings. The zero-order valence-corrected chi connectivity index (χ0v) is 19.8. The Morgan fingerprint density at radius 1 is 0.970 bits per heavy atom. The number of rotatable bonds is 11. The van der Waals surface area contributed by atoms with Crippen LogP contribution in [0.2, 0.25) is 0 Å². The van der Waals surface area contributed by atoms with Crippen molar-refractivity contribution in [2.24, 2.45) is 5.29 Å². The predicted octanol–water partition coefficient (Wildman–Crippen LogP) is 2.40. The maximum absolute atomic E-state index is 12.8. The Labute approximate surface area is 196 Å². The Bertz CT molecular complexity index is 973. The van der Waals surface area contributed by atoms with Gasteiger partial charge in [-0.25, -0.2) is 4.79 Å². The molecule has 2 aromatic rings. The summed E-state index contributed by atoms with van der Waals surface area (Å²) in [5, 5.41) is 5.70. The minimum absolute atomic E-state index is 0.0464. The van der Waals surface area contributed by atoms with E-state index in [-0.39, 0.29) is 35.6 Å². The van der Waals surface area contributed by atoms with E-state index in [9.17, 15) is 19.3 Å². The van der Waals surface area contributed by atoms with Crippen LogP contribution in [0.1, 0.15) is 27.4 Å². The highest BCUT2D eigenvalue weighted by molar-refractivity contribution is 6.18. The number of nitroso groups, excluding NO2 is 1. The number of anilines is 2. The third-order valence-corrected chi connectivity index (χ3v) is 5.00. The minimum atomic E-state index is -0.763. The van der Waals surface area contributed by atoms with Crippen molar-refractivity contribution in [3.05, 3.63) is 40.8 Å². The minimum Gasteiger partial charge on any atom is -0.355 e. The molecule has 2 aromatic heterocycles. The van der Waals surface area contributed by atoms with Crippen LogP contribution in [0, 0.1) is 4.91 Å². The summed E-state index contributed by atoms with van der Waals surface area (Å²) >= 11 is 5.53. The molecule has 0 aromatic carbocycles. The van der Waals surface area contributed by atoms with Gasteiger partial charge in [-0.3, -0.25) is 9.59 Å². The van der Waals surface area contributed by atoms with Crippen LogP contribution in [-0.4, -0.2) is 96.3 Å². The van der Waals surface area contributed by atoms with Gasteiger partial charge in [0.2, 0.25) is 0 Å². The smallest absolute Gasteiger partial charge is 0.344 e. The lowest BCUT2D eigenvalue weighted by Gasteiger charge is -2.18. The summed E-state index contributed by atoms with van der Waals surface area (Å²) in [6, 6.07) is 2.27. The largest absolute Gasteiger partial charge is 0.355 e. The van der Waals surface area contributed by atoms with Gasteiger partial charge in [0.1, 0.15) is 11.4 Å². The number of aromatic nitrogens is 2. The zero-order valence-electron chi connectivity index (χ0n) is 19.1. The number of H-pyrrole nitrogens is 2. The summed E-state index contributed by atoms with van der Waals surface area (Å²) in [6.45, 7) is 1.44. The van der Waals surface area contributed by atoms with Crippen molar-refractivity contribution in [2.75, 3.05) is 63.9 Å². The van der Waals surface area contributed by atoms with E-state index in [1.54, 1.807) is 31.3 Å². The normalized spacial score (nSPS) is 10.7. The quantitative estimate of drug-likeness (QED) is 0.257. The lowest BCUT2D eigenvalue weighted by atomic mass is 10.3. The van der Waals surface area contributed by atoms with Crippen LogP contribution in [0.3, 0.4) is 0 Å². The average molecular weight is 481 g/mol. The van der Waals surface area contributed by atoms with E-state index in [1.165, 1.54) is 17.2 Å². The molecule has 0 atom stereocenters. The van der Waals surface area contributed by atoms with Gasteiger partial charge in [-0.15, -0.1) is 16.5 Å². The van der Waals surface area contributed by atoms with E-state index < -0.39 is 6.03 Å². The first-order chi connectivity index (χ1) is 15.7. The van der Waals surface area contributed by atoms with Crippen LogP contribution in [0.4, 0.5) is 16.2 Å². The molecule has 33 heavy (non-hydrogen) atoms. The predicted molar refractivity (Wildman–Crippen MR) is 127 cm³/mol. The van der Waals surface area contributed by atoms with Crippen LogP contribution < -0.4 is 10.2 Å². The van der Waals surface area contributed by atoms with Crippen molar-refractivity contribution >= 4 is 40.8 Å². The van der Waals surface area contributed by atoms with Gasteiger partial charge in [0.05, 0.1) is 23.2 Å². The third kappa shape index (κ3) is 7.05. The van der Waals surface area contributed by atoms with Gasteiger partial charge >= 0.3 is 6.03 Å². The Morgan fingerprint density at radius 3 is 2.27 bits per heavy atom. The number of nitrogens with zero attached hydrogens (tertiary/aromatic N) is 5. The maximum atomic E-state index is 12.8. The first-order valence-electron chi connectivity index (χ1n) is 10.2. The number of carbonyl (C=O) groups excluding carboxylic acids is 3. The second-order valence-corrected chi connectivity index (χ2v) is 8.02. The molecule has 0 bridgehead atoms.